The Hall–Kier alpha value is -2.24. The van der Waals surface area contributed by atoms with Crippen molar-refractivity contribution in [1.29, 1.82) is 0 Å². The Bertz CT molecular complexity index is 932. The Morgan fingerprint density at radius 2 is 2.12 bits per heavy atom. The number of alkyl halides is 1. The van der Waals surface area contributed by atoms with E-state index in [4.69, 9.17) is 15.6 Å². The molecule has 2 aromatic heterocycles. The van der Waals surface area contributed by atoms with Crippen molar-refractivity contribution in [3.8, 4) is 0 Å². The molecule has 2 aromatic rings. The summed E-state index contributed by atoms with van der Waals surface area (Å²) in [4.78, 5) is 31.5. The molecule has 25 heavy (non-hydrogen) atoms. The molecule has 10 nitrogen and oxygen atoms in total. The standard InChI is InChI=1S/C14H18FN5O5/c15-7-6(4-21)25-12(9(7)22)20-10-8(11(23)18-13(16)17-10)19(14(20)24)3-5-1-2-5/h5-7,9,12,21-22H,1-4H2,(H3,16,17,18,23)/t6-,7-,9-,12-/m1/s1. The third-order valence-electron chi connectivity index (χ3n) is 4.69. The maximum Gasteiger partial charge on any atom is 0.332 e. The summed E-state index contributed by atoms with van der Waals surface area (Å²) in [5.41, 5.74) is 4.26. The second-order valence-corrected chi connectivity index (χ2v) is 6.51. The number of hydrogen-bond acceptors (Lipinski definition) is 7. The zero-order valence-electron chi connectivity index (χ0n) is 13.1. The Kier molecular flexibility index (Phi) is 3.67. The fourth-order valence-corrected chi connectivity index (χ4v) is 3.23. The molecule has 0 amide bonds. The van der Waals surface area contributed by atoms with Crippen LogP contribution in [0.3, 0.4) is 0 Å². The normalized spacial score (nSPS) is 29.6. The number of nitrogens with one attached hydrogen (secondary N) is 1. The van der Waals surface area contributed by atoms with E-state index in [0.29, 0.717) is 6.54 Å². The molecule has 5 N–H and O–H groups in total. The molecule has 1 saturated carbocycles. The van der Waals surface area contributed by atoms with Crippen molar-refractivity contribution < 1.29 is 19.3 Å². The minimum Gasteiger partial charge on any atom is -0.394 e. The average Bonchev–Trinajstić information content (AvgIpc) is 3.28. The van der Waals surface area contributed by atoms with Crippen molar-refractivity contribution in [3.63, 3.8) is 0 Å². The van der Waals surface area contributed by atoms with Gasteiger partial charge in [0.25, 0.3) is 5.56 Å². The summed E-state index contributed by atoms with van der Waals surface area (Å²) < 4.78 is 21.6. The number of nitrogens with zero attached hydrogens (tertiary/aromatic N) is 3. The predicted molar refractivity (Wildman–Crippen MR) is 83.6 cm³/mol. The monoisotopic (exact) mass is 355 g/mol. The highest BCUT2D eigenvalue weighted by atomic mass is 19.1. The summed E-state index contributed by atoms with van der Waals surface area (Å²) in [7, 11) is 0. The fourth-order valence-electron chi connectivity index (χ4n) is 3.23. The molecule has 1 aliphatic heterocycles. The van der Waals surface area contributed by atoms with Gasteiger partial charge in [-0.2, -0.15) is 4.98 Å². The summed E-state index contributed by atoms with van der Waals surface area (Å²) in [5, 5.41) is 19.3. The topological polar surface area (TPSA) is 148 Å². The molecule has 1 aliphatic carbocycles. The van der Waals surface area contributed by atoms with Gasteiger partial charge in [0.1, 0.15) is 12.2 Å². The molecule has 3 heterocycles. The summed E-state index contributed by atoms with van der Waals surface area (Å²) in [6, 6.07) is 0. The van der Waals surface area contributed by atoms with Crippen molar-refractivity contribution in [1.82, 2.24) is 19.1 Å². The molecule has 2 fully saturated rings. The van der Waals surface area contributed by atoms with E-state index in [1.807, 2.05) is 0 Å². The van der Waals surface area contributed by atoms with Crippen LogP contribution in [0.5, 0.6) is 0 Å². The van der Waals surface area contributed by atoms with E-state index in [1.54, 1.807) is 0 Å². The van der Waals surface area contributed by atoms with Crippen LogP contribution in [-0.2, 0) is 11.3 Å². The minimum atomic E-state index is -1.87. The molecule has 0 aromatic carbocycles. The van der Waals surface area contributed by atoms with E-state index in [-0.39, 0.29) is 23.0 Å². The number of halogens is 1. The number of nitrogens with two attached hydrogens (primary N) is 1. The lowest BCUT2D eigenvalue weighted by molar-refractivity contribution is -0.0514. The van der Waals surface area contributed by atoms with E-state index < -0.39 is 42.5 Å². The Morgan fingerprint density at radius 3 is 2.72 bits per heavy atom. The van der Waals surface area contributed by atoms with Gasteiger partial charge in [0.2, 0.25) is 5.95 Å². The van der Waals surface area contributed by atoms with E-state index in [2.05, 4.69) is 9.97 Å². The second-order valence-electron chi connectivity index (χ2n) is 6.51. The number of aliphatic hydroxyl groups excluding tert-OH is 2. The molecule has 11 heteroatoms. The van der Waals surface area contributed by atoms with Gasteiger partial charge in [-0.15, -0.1) is 0 Å². The number of ether oxygens (including phenoxy) is 1. The van der Waals surface area contributed by atoms with Gasteiger partial charge < -0.3 is 20.7 Å². The lowest BCUT2D eigenvalue weighted by Gasteiger charge is -2.15. The first kappa shape index (κ1) is 16.2. The maximum atomic E-state index is 14.1. The first-order valence-corrected chi connectivity index (χ1v) is 8.01. The number of anilines is 1. The Labute approximate surface area is 139 Å². The number of aromatic nitrogens is 4. The quantitative estimate of drug-likeness (QED) is 0.520. The molecule has 136 valence electrons. The lowest BCUT2D eigenvalue weighted by atomic mass is 10.1. The Morgan fingerprint density at radius 1 is 1.40 bits per heavy atom. The summed E-state index contributed by atoms with van der Waals surface area (Å²) in [6.45, 7) is -0.331. The largest absolute Gasteiger partial charge is 0.394 e. The van der Waals surface area contributed by atoms with Gasteiger partial charge in [-0.3, -0.25) is 14.3 Å². The highest BCUT2D eigenvalue weighted by molar-refractivity contribution is 5.71. The number of hydrogen-bond donors (Lipinski definition) is 4. The van der Waals surface area contributed by atoms with Gasteiger partial charge in [0.05, 0.1) is 6.61 Å². The van der Waals surface area contributed by atoms with Crippen LogP contribution in [0.2, 0.25) is 0 Å². The zero-order chi connectivity index (χ0) is 17.9. The van der Waals surface area contributed by atoms with Crippen molar-refractivity contribution in [3.05, 3.63) is 20.8 Å². The van der Waals surface area contributed by atoms with Gasteiger partial charge in [-0.1, -0.05) is 0 Å². The molecule has 0 spiro atoms. The van der Waals surface area contributed by atoms with Crippen LogP contribution in [0.25, 0.3) is 11.2 Å². The number of fused-ring (bicyclic) bond motifs is 1. The van der Waals surface area contributed by atoms with Crippen molar-refractivity contribution >= 4 is 17.1 Å². The predicted octanol–water partition coefficient (Wildman–Crippen LogP) is -1.53. The van der Waals surface area contributed by atoms with Crippen molar-refractivity contribution in [2.24, 2.45) is 5.92 Å². The van der Waals surface area contributed by atoms with Gasteiger partial charge in [0.15, 0.2) is 23.6 Å². The van der Waals surface area contributed by atoms with Crippen molar-refractivity contribution in [2.75, 3.05) is 12.3 Å². The molecule has 4 rings (SSSR count). The molecule has 4 atom stereocenters. The molecule has 2 aliphatic rings. The lowest BCUT2D eigenvalue weighted by Crippen LogP contribution is -2.34. The number of aromatic amines is 1. The first-order valence-electron chi connectivity index (χ1n) is 8.01. The van der Waals surface area contributed by atoms with E-state index in [0.717, 1.165) is 17.4 Å². The fraction of sp³-hybridized carbons (Fsp3) is 0.643. The molecule has 0 unspecified atom stereocenters. The molecule has 0 bridgehead atoms. The first-order chi connectivity index (χ1) is 11.9. The minimum absolute atomic E-state index is 0.00440. The molecule has 0 radical (unpaired) electrons. The van der Waals surface area contributed by atoms with E-state index in [9.17, 15) is 19.1 Å². The van der Waals surface area contributed by atoms with Gasteiger partial charge in [-0.25, -0.2) is 13.8 Å². The third kappa shape index (κ3) is 2.46. The van der Waals surface area contributed by atoms with Gasteiger partial charge in [0, 0.05) is 6.54 Å². The number of H-pyrrole nitrogens is 1. The highest BCUT2D eigenvalue weighted by Gasteiger charge is 2.46. The Balaban J connectivity index is 1.93. The van der Waals surface area contributed by atoms with Crippen LogP contribution < -0.4 is 17.0 Å². The van der Waals surface area contributed by atoms with E-state index >= 15 is 0 Å². The summed E-state index contributed by atoms with van der Waals surface area (Å²) >= 11 is 0. The third-order valence-corrected chi connectivity index (χ3v) is 4.69. The van der Waals surface area contributed by atoms with Crippen molar-refractivity contribution in [2.45, 2.75) is 44.0 Å². The smallest absolute Gasteiger partial charge is 0.332 e. The summed E-state index contributed by atoms with van der Waals surface area (Å²) in [5.74, 6) is 0.0695. The molecular weight excluding hydrogens is 337 g/mol. The van der Waals surface area contributed by atoms with Crippen LogP contribution in [0, 0.1) is 5.92 Å². The van der Waals surface area contributed by atoms with Crippen LogP contribution in [-0.4, -0.2) is 54.3 Å². The number of imidazole rings is 1. The number of rotatable bonds is 4. The molecular formula is C14H18FN5O5. The number of aliphatic hydroxyl groups is 2. The SMILES string of the molecule is Nc1nc2c(c(=O)[nH]1)n(CC1CC1)c(=O)n2[C@@H]1O[C@H](CO)[C@@H](F)[C@H]1O. The van der Waals surface area contributed by atoms with Gasteiger partial charge >= 0.3 is 5.69 Å². The maximum absolute atomic E-state index is 14.1. The summed E-state index contributed by atoms with van der Waals surface area (Å²) in [6.07, 6.45) is -4.34. The average molecular weight is 355 g/mol. The van der Waals surface area contributed by atoms with Crippen LogP contribution >= 0.6 is 0 Å². The van der Waals surface area contributed by atoms with Gasteiger partial charge in [-0.05, 0) is 18.8 Å². The zero-order valence-corrected chi connectivity index (χ0v) is 13.1. The highest BCUT2D eigenvalue weighted by Crippen LogP contribution is 2.34. The number of nitrogen functional groups attached to an aromatic ring is 1. The second kappa shape index (κ2) is 5.64. The van der Waals surface area contributed by atoms with Crippen LogP contribution in [0.4, 0.5) is 10.3 Å². The van der Waals surface area contributed by atoms with E-state index in [1.165, 1.54) is 4.57 Å². The van der Waals surface area contributed by atoms with Crippen LogP contribution in [0.1, 0.15) is 19.1 Å². The van der Waals surface area contributed by atoms with Crippen LogP contribution in [0.15, 0.2) is 9.59 Å². The molecule has 1 saturated heterocycles.